The molecule has 4 nitrogen and oxygen atoms in total. The molecule has 0 bridgehead atoms. The van der Waals surface area contributed by atoms with Gasteiger partial charge in [-0.1, -0.05) is 0 Å². The molecule has 0 saturated heterocycles. The second-order valence-corrected chi connectivity index (χ2v) is 2.96. The van der Waals surface area contributed by atoms with Crippen molar-refractivity contribution in [1.82, 2.24) is 0 Å². The third kappa shape index (κ3) is 1.13. The first-order chi connectivity index (χ1) is 6.63. The monoisotopic (exact) mass is 197 g/mol. The zero-order valence-electron chi connectivity index (χ0n) is 7.37. The Kier molecular flexibility index (Phi) is 1.89. The Balaban J connectivity index is 2.61. The summed E-state index contributed by atoms with van der Waals surface area (Å²) in [5.41, 5.74) is 0.554. The molecule has 14 heavy (non-hydrogen) atoms. The molecular weight excluding hydrogens is 189 g/mol. The van der Waals surface area contributed by atoms with Gasteiger partial charge in [-0.15, -0.1) is 0 Å². The largest absolute Gasteiger partial charge is 0.494 e. The van der Waals surface area contributed by atoms with E-state index in [9.17, 15) is 14.3 Å². The van der Waals surface area contributed by atoms with E-state index in [1.807, 2.05) is 0 Å². The van der Waals surface area contributed by atoms with Gasteiger partial charge >= 0.3 is 0 Å². The molecule has 1 aliphatic rings. The van der Waals surface area contributed by atoms with Crippen molar-refractivity contribution in [2.75, 3.05) is 12.4 Å². The van der Waals surface area contributed by atoms with Crippen LogP contribution < -0.4 is 10.1 Å². The zero-order chi connectivity index (χ0) is 10.3. The Bertz CT molecular complexity index is 405. The molecule has 1 unspecified atom stereocenters. The number of aliphatic hydroxyl groups excluding tert-OH is 1. The second-order valence-electron chi connectivity index (χ2n) is 2.96. The van der Waals surface area contributed by atoms with Gasteiger partial charge in [0.2, 0.25) is 0 Å². The number of amides is 1. The van der Waals surface area contributed by atoms with Gasteiger partial charge in [0.25, 0.3) is 5.91 Å². The smallest absolute Gasteiger partial charge is 0.258 e. The highest BCUT2D eigenvalue weighted by molar-refractivity contribution is 6.03. The fourth-order valence-corrected chi connectivity index (χ4v) is 1.45. The number of anilines is 1. The van der Waals surface area contributed by atoms with E-state index in [4.69, 9.17) is 4.74 Å². The van der Waals surface area contributed by atoms with Gasteiger partial charge in [0.1, 0.15) is 11.6 Å². The van der Waals surface area contributed by atoms with Crippen LogP contribution in [0.5, 0.6) is 5.75 Å². The number of carbonyl (C=O) groups excluding carboxylic acids is 1. The lowest BCUT2D eigenvalue weighted by molar-refractivity contribution is -0.123. The number of rotatable bonds is 1. The number of halogens is 1. The third-order valence-corrected chi connectivity index (χ3v) is 2.11. The van der Waals surface area contributed by atoms with Crippen LogP contribution in [0, 0.1) is 5.82 Å². The van der Waals surface area contributed by atoms with E-state index >= 15 is 0 Å². The van der Waals surface area contributed by atoms with Crippen LogP contribution in [-0.4, -0.2) is 18.1 Å². The van der Waals surface area contributed by atoms with Crippen molar-refractivity contribution in [3.8, 4) is 5.75 Å². The summed E-state index contributed by atoms with van der Waals surface area (Å²) in [6.07, 6.45) is -1.31. The Morgan fingerprint density at radius 2 is 2.29 bits per heavy atom. The molecular formula is C9H8FNO3. The summed E-state index contributed by atoms with van der Waals surface area (Å²) in [4.78, 5) is 11.1. The molecule has 1 heterocycles. The van der Waals surface area contributed by atoms with Crippen LogP contribution in [0.2, 0.25) is 0 Å². The normalized spacial score (nSPS) is 19.1. The average Bonchev–Trinajstić information content (AvgIpc) is 2.43. The second kappa shape index (κ2) is 2.95. The lowest BCUT2D eigenvalue weighted by atomic mass is 10.1. The summed E-state index contributed by atoms with van der Waals surface area (Å²) in [5, 5.41) is 11.8. The number of benzene rings is 1. The van der Waals surface area contributed by atoms with Gasteiger partial charge in [-0.05, 0) is 6.07 Å². The maximum absolute atomic E-state index is 13.0. The van der Waals surface area contributed by atoms with Gasteiger partial charge in [-0.3, -0.25) is 4.79 Å². The van der Waals surface area contributed by atoms with Crippen LogP contribution >= 0.6 is 0 Å². The van der Waals surface area contributed by atoms with Gasteiger partial charge in [0.15, 0.2) is 6.10 Å². The highest BCUT2D eigenvalue weighted by Crippen LogP contribution is 2.38. The van der Waals surface area contributed by atoms with Crippen molar-refractivity contribution in [2.45, 2.75) is 6.10 Å². The molecule has 5 heteroatoms. The minimum absolute atomic E-state index is 0.213. The summed E-state index contributed by atoms with van der Waals surface area (Å²) in [7, 11) is 1.37. The molecule has 1 aromatic carbocycles. The summed E-state index contributed by atoms with van der Waals surface area (Å²) in [6.45, 7) is 0. The van der Waals surface area contributed by atoms with Crippen LogP contribution in [-0.2, 0) is 4.79 Å². The number of methoxy groups -OCH3 is 1. The summed E-state index contributed by atoms with van der Waals surface area (Å²) < 4.78 is 17.8. The SMILES string of the molecule is COc1cc(F)cc2c1NC(=O)C2O. The van der Waals surface area contributed by atoms with E-state index < -0.39 is 17.8 Å². The molecule has 1 aromatic rings. The molecule has 1 atom stereocenters. The lowest BCUT2D eigenvalue weighted by Gasteiger charge is -2.06. The number of carbonyl (C=O) groups is 1. The number of hydrogen-bond donors (Lipinski definition) is 2. The first-order valence-corrected chi connectivity index (χ1v) is 4.00. The van der Waals surface area contributed by atoms with E-state index in [0.29, 0.717) is 5.69 Å². The average molecular weight is 197 g/mol. The van der Waals surface area contributed by atoms with Crippen LogP contribution in [0.1, 0.15) is 11.7 Å². The van der Waals surface area contributed by atoms with Gasteiger partial charge in [-0.25, -0.2) is 4.39 Å². The van der Waals surface area contributed by atoms with Crippen molar-refractivity contribution in [2.24, 2.45) is 0 Å². The summed E-state index contributed by atoms with van der Waals surface area (Å²) in [6, 6.07) is 2.26. The highest BCUT2D eigenvalue weighted by Gasteiger charge is 2.31. The van der Waals surface area contributed by atoms with E-state index in [2.05, 4.69) is 5.32 Å². The van der Waals surface area contributed by atoms with Crippen molar-refractivity contribution in [3.05, 3.63) is 23.5 Å². The number of fused-ring (bicyclic) bond motifs is 1. The van der Waals surface area contributed by atoms with E-state index in [1.54, 1.807) is 0 Å². The van der Waals surface area contributed by atoms with Crippen molar-refractivity contribution in [1.29, 1.82) is 0 Å². The molecule has 0 radical (unpaired) electrons. The van der Waals surface area contributed by atoms with Gasteiger partial charge < -0.3 is 15.2 Å². The predicted molar refractivity (Wildman–Crippen MR) is 46.5 cm³/mol. The molecule has 74 valence electrons. The van der Waals surface area contributed by atoms with E-state index in [-0.39, 0.29) is 11.3 Å². The van der Waals surface area contributed by atoms with E-state index in [1.165, 1.54) is 7.11 Å². The zero-order valence-corrected chi connectivity index (χ0v) is 7.37. The lowest BCUT2D eigenvalue weighted by Crippen LogP contribution is -2.10. The van der Waals surface area contributed by atoms with Crippen LogP contribution in [0.3, 0.4) is 0 Å². The number of ether oxygens (including phenoxy) is 1. The Hall–Kier alpha value is -1.62. The molecule has 0 aromatic heterocycles. The standard InChI is InChI=1S/C9H8FNO3/c1-14-6-3-4(10)2-5-7(6)11-9(13)8(5)12/h2-3,8,12H,1H3,(H,11,13). The molecule has 2 N–H and O–H groups in total. The van der Waals surface area contributed by atoms with Crippen LogP contribution in [0.15, 0.2) is 12.1 Å². The fraction of sp³-hybridized carbons (Fsp3) is 0.222. The van der Waals surface area contributed by atoms with Crippen molar-refractivity contribution >= 4 is 11.6 Å². The molecule has 1 amide bonds. The molecule has 0 aliphatic carbocycles. The predicted octanol–water partition coefficient (Wildman–Crippen LogP) is 0.820. The minimum Gasteiger partial charge on any atom is -0.494 e. The molecule has 1 aliphatic heterocycles. The summed E-state index contributed by atoms with van der Waals surface area (Å²) >= 11 is 0. The van der Waals surface area contributed by atoms with Gasteiger partial charge in [0.05, 0.1) is 12.8 Å². The van der Waals surface area contributed by atoms with Gasteiger partial charge in [-0.2, -0.15) is 0 Å². The maximum atomic E-state index is 13.0. The topological polar surface area (TPSA) is 58.6 Å². The minimum atomic E-state index is -1.31. The maximum Gasteiger partial charge on any atom is 0.258 e. The Morgan fingerprint density at radius 1 is 1.57 bits per heavy atom. The molecule has 0 saturated carbocycles. The Labute approximate surface area is 79.3 Å². The first-order valence-electron chi connectivity index (χ1n) is 4.00. The number of nitrogens with one attached hydrogen (secondary N) is 1. The highest BCUT2D eigenvalue weighted by atomic mass is 19.1. The van der Waals surface area contributed by atoms with Gasteiger partial charge in [0, 0.05) is 11.6 Å². The van der Waals surface area contributed by atoms with Crippen molar-refractivity contribution in [3.63, 3.8) is 0 Å². The molecule has 2 rings (SSSR count). The van der Waals surface area contributed by atoms with Crippen LogP contribution in [0.25, 0.3) is 0 Å². The Morgan fingerprint density at radius 3 is 2.93 bits per heavy atom. The first kappa shape index (κ1) is 8.96. The third-order valence-electron chi connectivity index (χ3n) is 2.11. The summed E-state index contributed by atoms with van der Waals surface area (Å²) in [5.74, 6) is -0.898. The van der Waals surface area contributed by atoms with E-state index in [0.717, 1.165) is 12.1 Å². The number of hydrogen-bond acceptors (Lipinski definition) is 3. The van der Waals surface area contributed by atoms with Crippen molar-refractivity contribution < 1.29 is 19.0 Å². The van der Waals surface area contributed by atoms with Crippen LogP contribution in [0.4, 0.5) is 10.1 Å². The fourth-order valence-electron chi connectivity index (χ4n) is 1.45. The molecule has 0 spiro atoms. The number of aliphatic hydroxyl groups is 1. The quantitative estimate of drug-likeness (QED) is 0.700. The molecule has 0 fully saturated rings.